The molecule has 1 amide bonds. The lowest BCUT2D eigenvalue weighted by Crippen LogP contribution is -2.42. The Morgan fingerprint density at radius 2 is 2.05 bits per heavy atom. The number of benzene rings is 1. The number of hydrogen-bond donors (Lipinski definition) is 0. The van der Waals surface area contributed by atoms with Gasteiger partial charge in [0.25, 0.3) is 5.91 Å². The van der Waals surface area contributed by atoms with Crippen LogP contribution in [0.5, 0.6) is 0 Å². The van der Waals surface area contributed by atoms with Crippen molar-refractivity contribution in [2.24, 2.45) is 0 Å². The molecule has 1 aromatic carbocycles. The largest absolute Gasteiger partial charge is 0.335 e. The Hall–Kier alpha value is -0.540. The molecule has 1 aromatic rings. The molecule has 0 aliphatic heterocycles. The summed E-state index contributed by atoms with van der Waals surface area (Å²) in [5.41, 5.74) is 1.71. The smallest absolute Gasteiger partial charge is 0.254 e. The number of nitrogens with zero attached hydrogens (tertiary/aromatic N) is 1. The Bertz CT molecular complexity index is 472. The number of carbonyl (C=O) groups is 1. The molecule has 2 nitrogen and oxygen atoms in total. The molecule has 1 fully saturated rings. The fraction of sp³-hybridized carbons (Fsp3) is 0.562. The number of carbonyl (C=O) groups excluding carboxylic acids is 1. The minimum atomic E-state index is 0.135. The van der Waals surface area contributed by atoms with Crippen molar-refractivity contribution in [3.8, 4) is 0 Å². The van der Waals surface area contributed by atoms with Gasteiger partial charge < -0.3 is 4.90 Å². The normalized spacial score (nSPS) is 16.1. The minimum absolute atomic E-state index is 0.135. The summed E-state index contributed by atoms with van der Waals surface area (Å²) in [5.74, 6) is 0.135. The molecule has 0 aromatic heterocycles. The van der Waals surface area contributed by atoms with Gasteiger partial charge in [0.2, 0.25) is 0 Å². The Balaban J connectivity index is 2.18. The number of halogens is 2. The molecule has 0 atom stereocenters. The van der Waals surface area contributed by atoms with Gasteiger partial charge in [0.15, 0.2) is 0 Å². The number of alkyl halides is 1. The van der Waals surface area contributed by atoms with Crippen LogP contribution in [0.1, 0.15) is 48.0 Å². The second kappa shape index (κ2) is 7.46. The monoisotopic (exact) mass is 357 g/mol. The van der Waals surface area contributed by atoms with E-state index in [2.05, 4.69) is 15.9 Å². The molecule has 110 valence electrons. The van der Waals surface area contributed by atoms with Crippen LogP contribution in [0.15, 0.2) is 18.2 Å². The first-order valence-corrected chi connectivity index (χ1v) is 8.76. The maximum Gasteiger partial charge on any atom is 0.254 e. The molecule has 2 rings (SSSR count). The van der Waals surface area contributed by atoms with Gasteiger partial charge in [0, 0.05) is 28.5 Å². The summed E-state index contributed by atoms with van der Waals surface area (Å²) in [6.07, 6.45) is 6.02. The number of rotatable bonds is 4. The molecular formula is C16H21BrClNO. The molecule has 20 heavy (non-hydrogen) atoms. The van der Waals surface area contributed by atoms with Crippen molar-refractivity contribution < 1.29 is 4.79 Å². The van der Waals surface area contributed by atoms with Gasteiger partial charge in [0.05, 0.1) is 0 Å². The Morgan fingerprint density at radius 1 is 1.35 bits per heavy atom. The van der Waals surface area contributed by atoms with Gasteiger partial charge in [-0.1, -0.05) is 46.8 Å². The van der Waals surface area contributed by atoms with Crippen LogP contribution < -0.4 is 0 Å². The van der Waals surface area contributed by atoms with Crippen molar-refractivity contribution in [1.29, 1.82) is 0 Å². The molecule has 0 N–H and O–H groups in total. The molecule has 0 heterocycles. The van der Waals surface area contributed by atoms with E-state index < -0.39 is 0 Å². The lowest BCUT2D eigenvalue weighted by molar-refractivity contribution is 0.0651. The van der Waals surface area contributed by atoms with Crippen LogP contribution in [0, 0.1) is 6.92 Å². The van der Waals surface area contributed by atoms with Crippen LogP contribution in [0.2, 0.25) is 5.02 Å². The molecule has 1 saturated carbocycles. The number of amides is 1. The zero-order valence-corrected chi connectivity index (χ0v) is 14.2. The topological polar surface area (TPSA) is 20.3 Å². The maximum atomic E-state index is 12.8. The van der Waals surface area contributed by atoms with Crippen LogP contribution >= 0.6 is 27.5 Å². The Morgan fingerprint density at radius 3 is 2.65 bits per heavy atom. The van der Waals surface area contributed by atoms with E-state index in [0.717, 1.165) is 35.8 Å². The summed E-state index contributed by atoms with van der Waals surface area (Å²) in [6.45, 7) is 2.71. The summed E-state index contributed by atoms with van der Waals surface area (Å²) < 4.78 is 0. The molecule has 0 unspecified atom stereocenters. The third-order valence-electron chi connectivity index (χ3n) is 4.01. The van der Waals surface area contributed by atoms with Crippen molar-refractivity contribution in [2.75, 3.05) is 11.9 Å². The van der Waals surface area contributed by atoms with E-state index in [9.17, 15) is 4.79 Å². The molecule has 1 aliphatic rings. The van der Waals surface area contributed by atoms with E-state index in [1.54, 1.807) is 0 Å². The lowest BCUT2D eigenvalue weighted by Gasteiger charge is -2.34. The van der Waals surface area contributed by atoms with Gasteiger partial charge in [-0.15, -0.1) is 0 Å². The molecule has 0 spiro atoms. The van der Waals surface area contributed by atoms with Crippen molar-refractivity contribution in [1.82, 2.24) is 4.90 Å². The van der Waals surface area contributed by atoms with Gasteiger partial charge in [-0.2, -0.15) is 0 Å². The zero-order chi connectivity index (χ0) is 14.5. The molecule has 1 aliphatic carbocycles. The fourth-order valence-corrected chi connectivity index (χ4v) is 3.38. The quantitative estimate of drug-likeness (QED) is 0.707. The van der Waals surface area contributed by atoms with Crippen molar-refractivity contribution in [2.45, 2.75) is 45.1 Å². The van der Waals surface area contributed by atoms with Gasteiger partial charge in [0.1, 0.15) is 0 Å². The number of hydrogen-bond acceptors (Lipinski definition) is 1. The van der Waals surface area contributed by atoms with Crippen LogP contribution in [-0.4, -0.2) is 28.7 Å². The molecular weight excluding hydrogens is 338 g/mol. The first kappa shape index (κ1) is 15.8. The molecule has 0 bridgehead atoms. The van der Waals surface area contributed by atoms with Crippen LogP contribution in [0.3, 0.4) is 0 Å². The van der Waals surface area contributed by atoms with Gasteiger partial charge >= 0.3 is 0 Å². The lowest BCUT2D eigenvalue weighted by atomic mass is 9.93. The molecule has 0 radical (unpaired) electrons. The summed E-state index contributed by atoms with van der Waals surface area (Å²) in [6, 6.07) is 5.94. The summed E-state index contributed by atoms with van der Waals surface area (Å²) in [7, 11) is 0. The average Bonchev–Trinajstić information content (AvgIpc) is 2.48. The zero-order valence-electron chi connectivity index (χ0n) is 11.9. The van der Waals surface area contributed by atoms with Gasteiger partial charge in [-0.3, -0.25) is 4.79 Å². The van der Waals surface area contributed by atoms with Crippen LogP contribution in [-0.2, 0) is 0 Å². The van der Waals surface area contributed by atoms with Crippen LogP contribution in [0.25, 0.3) is 0 Å². The van der Waals surface area contributed by atoms with E-state index in [4.69, 9.17) is 11.6 Å². The first-order chi connectivity index (χ1) is 9.63. The second-order valence-corrected chi connectivity index (χ2v) is 6.64. The SMILES string of the molecule is Cc1cc(C(=O)N(CCBr)C2CCCCC2)ccc1Cl. The second-order valence-electron chi connectivity index (χ2n) is 5.44. The van der Waals surface area contributed by atoms with E-state index in [1.807, 2.05) is 30.0 Å². The predicted octanol–water partition coefficient (Wildman–Crippen LogP) is 4.82. The molecule has 0 saturated heterocycles. The first-order valence-electron chi connectivity index (χ1n) is 7.26. The van der Waals surface area contributed by atoms with Gasteiger partial charge in [-0.05, 0) is 43.5 Å². The van der Waals surface area contributed by atoms with E-state index in [1.165, 1.54) is 19.3 Å². The Labute approximate surface area is 134 Å². The third-order valence-corrected chi connectivity index (χ3v) is 4.79. The standard InChI is InChI=1S/C16H21BrClNO/c1-12-11-13(7-8-15(12)18)16(20)19(10-9-17)14-5-3-2-4-6-14/h7-8,11,14H,2-6,9-10H2,1H3. The van der Waals surface area contributed by atoms with E-state index in [0.29, 0.717) is 11.1 Å². The average molecular weight is 359 g/mol. The van der Waals surface area contributed by atoms with E-state index in [-0.39, 0.29) is 5.91 Å². The molecule has 4 heteroatoms. The summed E-state index contributed by atoms with van der Waals surface area (Å²) >= 11 is 9.51. The summed E-state index contributed by atoms with van der Waals surface area (Å²) in [5, 5.41) is 1.54. The Kier molecular flexibility index (Phi) is 5.91. The van der Waals surface area contributed by atoms with Gasteiger partial charge in [-0.25, -0.2) is 0 Å². The maximum absolute atomic E-state index is 12.8. The van der Waals surface area contributed by atoms with E-state index >= 15 is 0 Å². The van der Waals surface area contributed by atoms with Crippen molar-refractivity contribution in [3.63, 3.8) is 0 Å². The third kappa shape index (κ3) is 3.76. The van der Waals surface area contributed by atoms with Crippen LogP contribution in [0.4, 0.5) is 0 Å². The predicted molar refractivity (Wildman–Crippen MR) is 87.9 cm³/mol. The highest BCUT2D eigenvalue weighted by atomic mass is 79.9. The van der Waals surface area contributed by atoms with Crippen molar-refractivity contribution >= 4 is 33.4 Å². The fourth-order valence-electron chi connectivity index (χ4n) is 2.88. The van der Waals surface area contributed by atoms with Crippen molar-refractivity contribution in [3.05, 3.63) is 34.3 Å². The number of aryl methyl sites for hydroxylation is 1. The highest BCUT2D eigenvalue weighted by Crippen LogP contribution is 2.25. The minimum Gasteiger partial charge on any atom is -0.335 e. The highest BCUT2D eigenvalue weighted by molar-refractivity contribution is 9.09. The highest BCUT2D eigenvalue weighted by Gasteiger charge is 2.25. The summed E-state index contributed by atoms with van der Waals surface area (Å²) in [4.78, 5) is 14.8.